The van der Waals surface area contributed by atoms with Crippen LogP contribution in [0.15, 0.2) is 42.7 Å². The zero-order chi connectivity index (χ0) is 21.8. The molecule has 1 spiro atoms. The van der Waals surface area contributed by atoms with E-state index in [0.717, 1.165) is 32.1 Å². The van der Waals surface area contributed by atoms with Gasteiger partial charge in [0, 0.05) is 43.0 Å². The normalized spacial score (nSPS) is 19.3. The highest BCUT2D eigenvalue weighted by molar-refractivity contribution is 6.31. The molecule has 1 aromatic carbocycles. The molecule has 1 unspecified atom stereocenters. The molecule has 0 radical (unpaired) electrons. The average molecular weight is 444 g/mol. The standard InChI is InChI=1S/C24H27ClFN3O2/c25-21-15-19(26)4-3-18(21)14-22(30)29-12-7-24(8-13-29)16-20(24)23(31)28-9-1-2-17-5-10-27-11-6-17/h3-6,10-11,15,20H,1-2,7-9,12-14,16H2,(H,28,31). The summed E-state index contributed by atoms with van der Waals surface area (Å²) in [6.07, 6.45) is 8.19. The second-order valence-corrected chi connectivity index (χ2v) is 9.07. The van der Waals surface area contributed by atoms with E-state index >= 15 is 0 Å². The largest absolute Gasteiger partial charge is 0.356 e. The highest BCUT2D eigenvalue weighted by atomic mass is 35.5. The predicted molar refractivity (Wildman–Crippen MR) is 117 cm³/mol. The Morgan fingerprint density at radius 3 is 2.65 bits per heavy atom. The molecule has 1 atom stereocenters. The molecule has 1 aliphatic heterocycles. The summed E-state index contributed by atoms with van der Waals surface area (Å²) in [5.41, 5.74) is 1.93. The van der Waals surface area contributed by atoms with Crippen LogP contribution in [-0.4, -0.2) is 41.3 Å². The van der Waals surface area contributed by atoms with Crippen LogP contribution in [0.1, 0.15) is 36.8 Å². The summed E-state index contributed by atoms with van der Waals surface area (Å²) < 4.78 is 13.2. The lowest BCUT2D eigenvalue weighted by Gasteiger charge is -2.33. The third-order valence-electron chi connectivity index (χ3n) is 6.67. The molecule has 0 bridgehead atoms. The molecule has 1 saturated heterocycles. The van der Waals surface area contributed by atoms with Crippen LogP contribution in [0.25, 0.3) is 0 Å². The van der Waals surface area contributed by atoms with Gasteiger partial charge in [-0.3, -0.25) is 14.6 Å². The molecule has 2 heterocycles. The SMILES string of the molecule is O=C(NCCCc1ccncc1)C1CC12CCN(C(=O)Cc1ccc(F)cc1Cl)CC2. The van der Waals surface area contributed by atoms with Crippen LogP contribution in [-0.2, 0) is 22.4 Å². The molecular formula is C24H27ClFN3O2. The van der Waals surface area contributed by atoms with Gasteiger partial charge in [0.15, 0.2) is 0 Å². The molecule has 2 amide bonds. The van der Waals surface area contributed by atoms with Crippen molar-refractivity contribution < 1.29 is 14.0 Å². The van der Waals surface area contributed by atoms with Crippen molar-refractivity contribution in [2.75, 3.05) is 19.6 Å². The van der Waals surface area contributed by atoms with E-state index in [1.165, 1.54) is 17.7 Å². The van der Waals surface area contributed by atoms with E-state index in [1.54, 1.807) is 18.5 Å². The number of rotatable bonds is 7. The lowest BCUT2D eigenvalue weighted by atomic mass is 9.90. The van der Waals surface area contributed by atoms with Crippen molar-refractivity contribution in [1.29, 1.82) is 0 Å². The lowest BCUT2D eigenvalue weighted by Crippen LogP contribution is -2.41. The Kier molecular flexibility index (Phi) is 6.56. The first kappa shape index (κ1) is 21.8. The summed E-state index contributed by atoms with van der Waals surface area (Å²) in [5, 5.41) is 3.37. The third kappa shape index (κ3) is 5.24. The Morgan fingerprint density at radius 1 is 1.19 bits per heavy atom. The molecule has 1 aromatic heterocycles. The Bertz CT molecular complexity index is 945. The zero-order valence-corrected chi connectivity index (χ0v) is 18.2. The number of hydrogen-bond donors (Lipinski definition) is 1. The quantitative estimate of drug-likeness (QED) is 0.662. The molecular weight excluding hydrogens is 417 g/mol. The first-order valence-corrected chi connectivity index (χ1v) is 11.2. The number of nitrogens with zero attached hydrogens (tertiary/aromatic N) is 2. The number of carbonyl (C=O) groups is 2. The second-order valence-electron chi connectivity index (χ2n) is 8.66. The fraction of sp³-hybridized carbons (Fsp3) is 0.458. The number of nitrogens with one attached hydrogen (secondary N) is 1. The third-order valence-corrected chi connectivity index (χ3v) is 7.02. The number of likely N-dealkylation sites (tertiary alicyclic amines) is 1. The van der Waals surface area contributed by atoms with Gasteiger partial charge < -0.3 is 10.2 Å². The smallest absolute Gasteiger partial charge is 0.227 e. The average Bonchev–Trinajstić information content (AvgIpc) is 3.47. The predicted octanol–water partition coefficient (Wildman–Crippen LogP) is 3.79. The summed E-state index contributed by atoms with van der Waals surface area (Å²) in [4.78, 5) is 31.0. The molecule has 5 nitrogen and oxygen atoms in total. The first-order valence-electron chi connectivity index (χ1n) is 10.9. The fourth-order valence-electron chi connectivity index (χ4n) is 4.59. The Balaban J connectivity index is 1.19. The van der Waals surface area contributed by atoms with Gasteiger partial charge in [0.1, 0.15) is 5.82 Å². The van der Waals surface area contributed by atoms with E-state index in [1.807, 2.05) is 17.0 Å². The van der Waals surface area contributed by atoms with Gasteiger partial charge in [-0.2, -0.15) is 0 Å². The van der Waals surface area contributed by atoms with Crippen molar-refractivity contribution >= 4 is 23.4 Å². The molecule has 164 valence electrons. The second kappa shape index (κ2) is 9.35. The Labute approximate surface area is 187 Å². The Hall–Kier alpha value is -2.47. The van der Waals surface area contributed by atoms with Crippen LogP contribution in [0.5, 0.6) is 0 Å². The van der Waals surface area contributed by atoms with Crippen molar-refractivity contribution in [3.63, 3.8) is 0 Å². The minimum absolute atomic E-state index is 0.00104. The number of piperidine rings is 1. The maximum absolute atomic E-state index is 13.2. The Morgan fingerprint density at radius 2 is 1.94 bits per heavy atom. The van der Waals surface area contributed by atoms with Crippen molar-refractivity contribution in [2.24, 2.45) is 11.3 Å². The molecule has 1 N–H and O–H groups in total. The van der Waals surface area contributed by atoms with E-state index in [-0.39, 0.29) is 34.6 Å². The monoisotopic (exact) mass is 443 g/mol. The summed E-state index contributed by atoms with van der Waals surface area (Å²) in [6, 6.07) is 8.12. The van der Waals surface area contributed by atoms with Crippen molar-refractivity contribution in [3.05, 3.63) is 64.7 Å². The van der Waals surface area contributed by atoms with E-state index in [2.05, 4.69) is 10.3 Å². The van der Waals surface area contributed by atoms with Gasteiger partial charge in [0.2, 0.25) is 11.8 Å². The van der Waals surface area contributed by atoms with Gasteiger partial charge in [-0.05, 0) is 72.9 Å². The van der Waals surface area contributed by atoms with Crippen LogP contribution in [0.2, 0.25) is 5.02 Å². The number of pyridine rings is 1. The van der Waals surface area contributed by atoms with Gasteiger partial charge in [0.05, 0.1) is 6.42 Å². The van der Waals surface area contributed by atoms with E-state index in [9.17, 15) is 14.0 Å². The molecule has 2 aliphatic rings. The molecule has 31 heavy (non-hydrogen) atoms. The van der Waals surface area contributed by atoms with E-state index in [4.69, 9.17) is 11.6 Å². The minimum Gasteiger partial charge on any atom is -0.356 e. The molecule has 2 fully saturated rings. The van der Waals surface area contributed by atoms with Gasteiger partial charge in [0.25, 0.3) is 0 Å². The topological polar surface area (TPSA) is 62.3 Å². The summed E-state index contributed by atoms with van der Waals surface area (Å²) in [6.45, 7) is 1.99. The molecule has 4 rings (SSSR count). The zero-order valence-electron chi connectivity index (χ0n) is 17.4. The van der Waals surface area contributed by atoms with Crippen LogP contribution in [0.4, 0.5) is 4.39 Å². The highest BCUT2D eigenvalue weighted by Gasteiger charge is 2.58. The van der Waals surface area contributed by atoms with Crippen molar-refractivity contribution in [3.8, 4) is 0 Å². The number of halogens is 2. The number of carbonyl (C=O) groups excluding carboxylic acids is 2. The van der Waals surface area contributed by atoms with Gasteiger partial charge in [-0.15, -0.1) is 0 Å². The number of aromatic nitrogens is 1. The maximum Gasteiger partial charge on any atom is 0.227 e. The lowest BCUT2D eigenvalue weighted by molar-refractivity contribution is -0.132. The highest BCUT2D eigenvalue weighted by Crippen LogP contribution is 2.59. The maximum atomic E-state index is 13.2. The van der Waals surface area contributed by atoms with Crippen LogP contribution < -0.4 is 5.32 Å². The fourth-order valence-corrected chi connectivity index (χ4v) is 4.82. The number of aryl methyl sites for hydroxylation is 1. The van der Waals surface area contributed by atoms with E-state index < -0.39 is 5.82 Å². The summed E-state index contributed by atoms with van der Waals surface area (Å²) in [5.74, 6) is -0.192. The van der Waals surface area contributed by atoms with Gasteiger partial charge in [-0.25, -0.2) is 4.39 Å². The summed E-state index contributed by atoms with van der Waals surface area (Å²) in [7, 11) is 0. The number of hydrogen-bond acceptors (Lipinski definition) is 3. The minimum atomic E-state index is -0.406. The van der Waals surface area contributed by atoms with Gasteiger partial charge in [-0.1, -0.05) is 17.7 Å². The summed E-state index contributed by atoms with van der Waals surface area (Å²) >= 11 is 6.05. The van der Waals surface area contributed by atoms with Crippen molar-refractivity contribution in [1.82, 2.24) is 15.2 Å². The van der Waals surface area contributed by atoms with Crippen LogP contribution >= 0.6 is 11.6 Å². The number of amides is 2. The molecule has 1 saturated carbocycles. The first-order chi connectivity index (χ1) is 15.0. The molecule has 7 heteroatoms. The van der Waals surface area contributed by atoms with Crippen molar-refractivity contribution in [2.45, 2.75) is 38.5 Å². The van der Waals surface area contributed by atoms with E-state index in [0.29, 0.717) is 25.2 Å². The van der Waals surface area contributed by atoms with Crippen LogP contribution in [0.3, 0.4) is 0 Å². The van der Waals surface area contributed by atoms with Crippen LogP contribution in [0, 0.1) is 17.2 Å². The molecule has 1 aliphatic carbocycles. The molecule has 2 aromatic rings. The van der Waals surface area contributed by atoms with Gasteiger partial charge >= 0.3 is 0 Å². The number of benzene rings is 1.